The van der Waals surface area contributed by atoms with E-state index >= 15 is 0 Å². The Kier molecular flexibility index (Phi) is 7.14. The quantitative estimate of drug-likeness (QED) is 0.605. The van der Waals surface area contributed by atoms with Crippen molar-refractivity contribution in [3.8, 4) is 0 Å². The van der Waals surface area contributed by atoms with Gasteiger partial charge in [0.2, 0.25) is 5.91 Å². The summed E-state index contributed by atoms with van der Waals surface area (Å²) >= 11 is 0. The van der Waals surface area contributed by atoms with Crippen LogP contribution in [0.15, 0.2) is 78.9 Å². The summed E-state index contributed by atoms with van der Waals surface area (Å²) in [5, 5.41) is 5.58. The maximum atomic E-state index is 12.3. The number of carbonyl (C=O) groups excluding carboxylic acids is 2. The normalized spacial score (nSPS) is 10.4. The molecular weight excluding hydrogens is 364 g/mol. The SMILES string of the molecule is CC(=O)Nc1ccc(C(=O)NCc2ccc(COCc3ccccc3)cc2)cc1. The second-order valence-corrected chi connectivity index (χ2v) is 6.74. The third kappa shape index (κ3) is 6.59. The van der Waals surface area contributed by atoms with Gasteiger partial charge >= 0.3 is 0 Å². The summed E-state index contributed by atoms with van der Waals surface area (Å²) in [6.07, 6.45) is 0. The van der Waals surface area contributed by atoms with E-state index in [-0.39, 0.29) is 11.8 Å². The van der Waals surface area contributed by atoms with Gasteiger partial charge in [0.1, 0.15) is 0 Å². The number of amides is 2. The minimum Gasteiger partial charge on any atom is -0.372 e. The Morgan fingerprint density at radius 1 is 0.759 bits per heavy atom. The average molecular weight is 388 g/mol. The van der Waals surface area contributed by atoms with Gasteiger partial charge in [0.05, 0.1) is 13.2 Å². The summed E-state index contributed by atoms with van der Waals surface area (Å²) in [6.45, 7) is 3.01. The zero-order valence-electron chi connectivity index (χ0n) is 16.4. The van der Waals surface area contributed by atoms with Crippen molar-refractivity contribution in [1.82, 2.24) is 5.32 Å². The van der Waals surface area contributed by atoms with E-state index in [1.165, 1.54) is 6.92 Å². The maximum absolute atomic E-state index is 12.3. The van der Waals surface area contributed by atoms with Crippen molar-refractivity contribution < 1.29 is 14.3 Å². The first-order valence-corrected chi connectivity index (χ1v) is 9.45. The molecule has 5 heteroatoms. The number of nitrogens with one attached hydrogen (secondary N) is 2. The predicted octanol–water partition coefficient (Wildman–Crippen LogP) is 4.29. The molecule has 0 aromatic heterocycles. The summed E-state index contributed by atoms with van der Waals surface area (Å²) in [5.41, 5.74) is 4.46. The molecule has 0 spiro atoms. The van der Waals surface area contributed by atoms with E-state index in [0.717, 1.165) is 16.7 Å². The molecular formula is C24H24N2O3. The van der Waals surface area contributed by atoms with Gasteiger partial charge in [0.15, 0.2) is 0 Å². The molecule has 2 N–H and O–H groups in total. The van der Waals surface area contributed by atoms with E-state index in [4.69, 9.17) is 4.74 Å². The molecule has 29 heavy (non-hydrogen) atoms. The highest BCUT2D eigenvalue weighted by atomic mass is 16.5. The summed E-state index contributed by atoms with van der Waals surface area (Å²) < 4.78 is 5.74. The van der Waals surface area contributed by atoms with Gasteiger partial charge in [-0.2, -0.15) is 0 Å². The van der Waals surface area contributed by atoms with Gasteiger partial charge in [0, 0.05) is 24.7 Å². The third-order valence-electron chi connectivity index (χ3n) is 4.32. The van der Waals surface area contributed by atoms with Gasteiger partial charge in [0.25, 0.3) is 5.91 Å². The van der Waals surface area contributed by atoms with Crippen molar-refractivity contribution >= 4 is 17.5 Å². The third-order valence-corrected chi connectivity index (χ3v) is 4.32. The fraction of sp³-hybridized carbons (Fsp3) is 0.167. The lowest BCUT2D eigenvalue weighted by Gasteiger charge is -2.08. The van der Waals surface area contributed by atoms with Crippen LogP contribution in [-0.2, 0) is 29.3 Å². The Labute approximate surface area is 170 Å². The van der Waals surface area contributed by atoms with Crippen LogP contribution in [0.3, 0.4) is 0 Å². The van der Waals surface area contributed by atoms with Crippen LogP contribution in [0.2, 0.25) is 0 Å². The monoisotopic (exact) mass is 388 g/mol. The van der Waals surface area contributed by atoms with E-state index in [1.54, 1.807) is 24.3 Å². The molecule has 148 valence electrons. The summed E-state index contributed by atoms with van der Waals surface area (Å²) in [5.74, 6) is -0.300. The molecule has 0 atom stereocenters. The molecule has 0 fully saturated rings. The van der Waals surface area contributed by atoms with E-state index < -0.39 is 0 Å². The van der Waals surface area contributed by atoms with Crippen LogP contribution in [0.1, 0.15) is 34.0 Å². The second-order valence-electron chi connectivity index (χ2n) is 6.74. The van der Waals surface area contributed by atoms with Crippen LogP contribution in [-0.4, -0.2) is 11.8 Å². The lowest BCUT2D eigenvalue weighted by Crippen LogP contribution is -2.22. The zero-order chi connectivity index (χ0) is 20.5. The lowest BCUT2D eigenvalue weighted by molar-refractivity contribution is -0.114. The van der Waals surface area contributed by atoms with E-state index in [0.29, 0.717) is 31.0 Å². The first-order chi connectivity index (χ1) is 14.1. The fourth-order valence-electron chi connectivity index (χ4n) is 2.81. The minimum absolute atomic E-state index is 0.142. The largest absolute Gasteiger partial charge is 0.372 e. The van der Waals surface area contributed by atoms with E-state index in [1.807, 2.05) is 54.6 Å². The molecule has 0 radical (unpaired) electrons. The number of rotatable bonds is 8. The highest BCUT2D eigenvalue weighted by Crippen LogP contribution is 2.11. The molecule has 0 heterocycles. The van der Waals surface area contributed by atoms with Crippen molar-refractivity contribution in [1.29, 1.82) is 0 Å². The van der Waals surface area contributed by atoms with Crippen molar-refractivity contribution in [2.45, 2.75) is 26.7 Å². The van der Waals surface area contributed by atoms with Gasteiger partial charge in [-0.25, -0.2) is 0 Å². The number of anilines is 1. The fourth-order valence-corrected chi connectivity index (χ4v) is 2.81. The molecule has 3 aromatic carbocycles. The zero-order valence-corrected chi connectivity index (χ0v) is 16.4. The molecule has 0 saturated heterocycles. The molecule has 0 unspecified atom stereocenters. The Hall–Kier alpha value is -3.44. The van der Waals surface area contributed by atoms with Crippen molar-refractivity contribution in [2.75, 3.05) is 5.32 Å². The van der Waals surface area contributed by atoms with Crippen molar-refractivity contribution in [2.24, 2.45) is 0 Å². The summed E-state index contributed by atoms with van der Waals surface area (Å²) in [6, 6.07) is 24.9. The molecule has 0 aliphatic rings. The number of ether oxygens (including phenoxy) is 1. The summed E-state index contributed by atoms with van der Waals surface area (Å²) in [7, 11) is 0. The molecule has 0 aliphatic carbocycles. The number of carbonyl (C=O) groups is 2. The Morgan fingerprint density at radius 3 is 1.97 bits per heavy atom. The van der Waals surface area contributed by atoms with Gasteiger partial charge in [-0.3, -0.25) is 9.59 Å². The van der Waals surface area contributed by atoms with Crippen LogP contribution in [0, 0.1) is 0 Å². The van der Waals surface area contributed by atoms with Crippen LogP contribution < -0.4 is 10.6 Å². The van der Waals surface area contributed by atoms with Crippen LogP contribution in [0.4, 0.5) is 5.69 Å². The smallest absolute Gasteiger partial charge is 0.251 e. The van der Waals surface area contributed by atoms with Crippen molar-refractivity contribution in [3.05, 3.63) is 101 Å². The first kappa shape index (κ1) is 20.3. The first-order valence-electron chi connectivity index (χ1n) is 9.45. The molecule has 5 nitrogen and oxygen atoms in total. The maximum Gasteiger partial charge on any atom is 0.251 e. The lowest BCUT2D eigenvalue weighted by atomic mass is 10.1. The topological polar surface area (TPSA) is 67.4 Å². The van der Waals surface area contributed by atoms with Gasteiger partial charge in [-0.15, -0.1) is 0 Å². The number of hydrogen-bond donors (Lipinski definition) is 2. The average Bonchev–Trinajstić information content (AvgIpc) is 2.74. The Bertz CT molecular complexity index is 936. The van der Waals surface area contributed by atoms with Crippen LogP contribution in [0.25, 0.3) is 0 Å². The van der Waals surface area contributed by atoms with Gasteiger partial charge < -0.3 is 15.4 Å². The van der Waals surface area contributed by atoms with Gasteiger partial charge in [-0.05, 0) is 41.0 Å². The highest BCUT2D eigenvalue weighted by Gasteiger charge is 2.06. The Balaban J connectivity index is 1.44. The highest BCUT2D eigenvalue weighted by molar-refractivity contribution is 5.95. The van der Waals surface area contributed by atoms with Crippen LogP contribution >= 0.6 is 0 Å². The molecule has 3 rings (SSSR count). The predicted molar refractivity (Wildman–Crippen MR) is 113 cm³/mol. The molecule has 3 aromatic rings. The van der Waals surface area contributed by atoms with E-state index in [9.17, 15) is 9.59 Å². The molecule has 0 saturated carbocycles. The van der Waals surface area contributed by atoms with Crippen LogP contribution in [0.5, 0.6) is 0 Å². The van der Waals surface area contributed by atoms with E-state index in [2.05, 4.69) is 10.6 Å². The molecule has 2 amide bonds. The number of benzene rings is 3. The standard InChI is InChI=1S/C24H24N2O3/c1-18(27)26-23-13-11-22(12-14-23)24(28)25-15-19-7-9-21(10-8-19)17-29-16-20-5-3-2-4-6-20/h2-14H,15-17H2,1H3,(H,25,28)(H,26,27). The molecule has 0 bridgehead atoms. The van der Waals surface area contributed by atoms with Crippen molar-refractivity contribution in [3.63, 3.8) is 0 Å². The van der Waals surface area contributed by atoms with Gasteiger partial charge in [-0.1, -0.05) is 54.6 Å². The molecule has 0 aliphatic heterocycles. The minimum atomic E-state index is -0.158. The summed E-state index contributed by atoms with van der Waals surface area (Å²) in [4.78, 5) is 23.3. The number of hydrogen-bond acceptors (Lipinski definition) is 3. The Morgan fingerprint density at radius 2 is 1.34 bits per heavy atom. The second kappa shape index (κ2) is 10.2.